The topological polar surface area (TPSA) is 66.1 Å². The third-order valence-electron chi connectivity index (χ3n) is 3.82. The molecule has 1 N–H and O–H groups in total. The van der Waals surface area contributed by atoms with Crippen LogP contribution >= 0.6 is 11.8 Å². The fraction of sp³-hybridized carbons (Fsp3) is 0.167. The molecular formula is C18H17N3O2S. The Morgan fingerprint density at radius 2 is 1.79 bits per heavy atom. The average Bonchev–Trinajstić information content (AvgIpc) is 2.62. The smallest absolute Gasteiger partial charge is 0.274 e. The molecule has 0 atom stereocenters. The predicted molar refractivity (Wildman–Crippen MR) is 96.4 cm³/mol. The summed E-state index contributed by atoms with van der Waals surface area (Å²) in [5, 5.41) is 7.40. The van der Waals surface area contributed by atoms with E-state index in [4.69, 9.17) is 0 Å². The molecule has 0 spiro atoms. The molecule has 1 heterocycles. The molecule has 0 aliphatic rings. The van der Waals surface area contributed by atoms with E-state index in [0.717, 1.165) is 5.56 Å². The average molecular weight is 339 g/mol. The maximum absolute atomic E-state index is 12.7. The summed E-state index contributed by atoms with van der Waals surface area (Å²) < 4.78 is 0. The second-order valence-corrected chi connectivity index (χ2v) is 6.34. The van der Waals surface area contributed by atoms with Crippen molar-refractivity contribution in [2.45, 2.75) is 11.4 Å². The number of amides is 1. The highest BCUT2D eigenvalue weighted by molar-refractivity contribution is 7.98. The van der Waals surface area contributed by atoms with Gasteiger partial charge < -0.3 is 4.90 Å². The quantitative estimate of drug-likeness (QED) is 0.742. The molecule has 1 aromatic heterocycles. The summed E-state index contributed by atoms with van der Waals surface area (Å²) in [4.78, 5) is 27.3. The van der Waals surface area contributed by atoms with Gasteiger partial charge in [-0.1, -0.05) is 30.3 Å². The van der Waals surface area contributed by atoms with Gasteiger partial charge in [0, 0.05) is 23.9 Å². The van der Waals surface area contributed by atoms with Gasteiger partial charge in [0.15, 0.2) is 5.69 Å². The Morgan fingerprint density at radius 3 is 2.46 bits per heavy atom. The molecule has 5 nitrogen and oxygen atoms in total. The Bertz CT molecular complexity index is 935. The first kappa shape index (κ1) is 16.3. The van der Waals surface area contributed by atoms with Crippen LogP contribution in [0.4, 0.5) is 0 Å². The number of aromatic amines is 1. The number of carbonyl (C=O) groups is 1. The zero-order valence-corrected chi connectivity index (χ0v) is 14.3. The van der Waals surface area contributed by atoms with Gasteiger partial charge in [0.05, 0.1) is 5.39 Å². The maximum atomic E-state index is 12.7. The van der Waals surface area contributed by atoms with Crippen LogP contribution in [0.1, 0.15) is 16.1 Å². The van der Waals surface area contributed by atoms with Crippen molar-refractivity contribution in [3.63, 3.8) is 0 Å². The largest absolute Gasteiger partial charge is 0.336 e. The van der Waals surface area contributed by atoms with Crippen molar-refractivity contribution < 1.29 is 4.79 Å². The van der Waals surface area contributed by atoms with E-state index in [0.29, 0.717) is 17.3 Å². The Morgan fingerprint density at radius 1 is 1.12 bits per heavy atom. The van der Waals surface area contributed by atoms with E-state index in [1.807, 2.05) is 30.5 Å². The monoisotopic (exact) mass is 339 g/mol. The number of aromatic nitrogens is 2. The van der Waals surface area contributed by atoms with Gasteiger partial charge in [0.2, 0.25) is 0 Å². The number of thioether (sulfide) groups is 1. The molecule has 0 unspecified atom stereocenters. The van der Waals surface area contributed by atoms with Crippen LogP contribution < -0.4 is 5.56 Å². The van der Waals surface area contributed by atoms with Crippen molar-refractivity contribution in [1.29, 1.82) is 0 Å². The standard InChI is InChI=1S/C18H17N3O2S/c1-21(11-12-7-9-13(24-2)10-8-12)18(23)16-14-5-3-4-6-15(14)17(22)20-19-16/h3-10H,11H2,1-2H3,(H,20,22). The summed E-state index contributed by atoms with van der Waals surface area (Å²) in [7, 11) is 1.73. The minimum absolute atomic E-state index is 0.226. The van der Waals surface area contributed by atoms with Gasteiger partial charge >= 0.3 is 0 Å². The third kappa shape index (κ3) is 3.19. The van der Waals surface area contributed by atoms with Crippen LogP contribution in [0.5, 0.6) is 0 Å². The first-order valence-corrected chi connectivity index (χ1v) is 8.68. The van der Waals surface area contributed by atoms with Crippen molar-refractivity contribution in [3.05, 3.63) is 70.1 Å². The third-order valence-corrected chi connectivity index (χ3v) is 4.57. The lowest BCUT2D eigenvalue weighted by atomic mass is 10.1. The number of benzene rings is 2. The summed E-state index contributed by atoms with van der Waals surface area (Å²) >= 11 is 1.68. The van der Waals surface area contributed by atoms with Crippen molar-refractivity contribution >= 4 is 28.4 Å². The second kappa shape index (κ2) is 6.88. The zero-order valence-electron chi connectivity index (χ0n) is 13.4. The van der Waals surface area contributed by atoms with Crippen LogP contribution in [-0.2, 0) is 6.54 Å². The molecule has 0 radical (unpaired) electrons. The van der Waals surface area contributed by atoms with Crippen molar-refractivity contribution in [2.75, 3.05) is 13.3 Å². The van der Waals surface area contributed by atoms with Crippen molar-refractivity contribution in [3.8, 4) is 0 Å². The molecule has 0 saturated carbocycles. The van der Waals surface area contributed by atoms with Gasteiger partial charge in [-0.25, -0.2) is 5.10 Å². The second-order valence-electron chi connectivity index (χ2n) is 5.46. The first-order chi connectivity index (χ1) is 11.6. The van der Waals surface area contributed by atoms with Crippen LogP contribution in [0.15, 0.2) is 58.2 Å². The zero-order chi connectivity index (χ0) is 17.1. The van der Waals surface area contributed by atoms with Gasteiger partial charge in [-0.2, -0.15) is 5.10 Å². The summed E-state index contributed by atoms with van der Waals surface area (Å²) in [6, 6.07) is 15.1. The van der Waals surface area contributed by atoms with Crippen LogP contribution in [0.25, 0.3) is 10.8 Å². The molecule has 0 bridgehead atoms. The molecule has 24 heavy (non-hydrogen) atoms. The molecule has 0 fully saturated rings. The molecule has 1 amide bonds. The maximum Gasteiger partial charge on any atom is 0.274 e. The number of hydrogen-bond acceptors (Lipinski definition) is 4. The van der Waals surface area contributed by atoms with Gasteiger partial charge in [-0.15, -0.1) is 11.8 Å². The fourth-order valence-corrected chi connectivity index (χ4v) is 2.94. The summed E-state index contributed by atoms with van der Waals surface area (Å²) in [6.45, 7) is 0.475. The van der Waals surface area contributed by atoms with E-state index in [9.17, 15) is 9.59 Å². The Balaban J connectivity index is 1.88. The minimum Gasteiger partial charge on any atom is -0.336 e. The van der Waals surface area contributed by atoms with Crippen LogP contribution in [-0.4, -0.2) is 34.3 Å². The number of rotatable bonds is 4. The summed E-state index contributed by atoms with van der Waals surface area (Å²) in [5.41, 5.74) is 1.00. The Labute approximate surface area is 143 Å². The van der Waals surface area contributed by atoms with Crippen LogP contribution in [0.3, 0.4) is 0 Å². The highest BCUT2D eigenvalue weighted by atomic mass is 32.2. The lowest BCUT2D eigenvalue weighted by Crippen LogP contribution is -2.28. The molecule has 3 aromatic rings. The number of H-pyrrole nitrogens is 1. The van der Waals surface area contributed by atoms with E-state index in [-0.39, 0.29) is 17.2 Å². The number of hydrogen-bond donors (Lipinski definition) is 1. The molecule has 122 valence electrons. The lowest BCUT2D eigenvalue weighted by Gasteiger charge is -2.17. The van der Waals surface area contributed by atoms with E-state index in [2.05, 4.69) is 10.2 Å². The lowest BCUT2D eigenvalue weighted by molar-refractivity contribution is 0.0780. The Kier molecular flexibility index (Phi) is 4.66. The van der Waals surface area contributed by atoms with Gasteiger partial charge in [0.1, 0.15) is 0 Å². The van der Waals surface area contributed by atoms with Crippen molar-refractivity contribution in [2.24, 2.45) is 0 Å². The fourth-order valence-electron chi connectivity index (χ4n) is 2.54. The number of carbonyl (C=O) groups excluding carboxylic acids is 1. The van der Waals surface area contributed by atoms with E-state index < -0.39 is 0 Å². The van der Waals surface area contributed by atoms with Gasteiger partial charge in [-0.05, 0) is 30.0 Å². The highest BCUT2D eigenvalue weighted by Crippen LogP contribution is 2.17. The first-order valence-electron chi connectivity index (χ1n) is 7.46. The Hall–Kier alpha value is -2.60. The molecule has 0 aliphatic carbocycles. The molecule has 3 rings (SSSR count). The molecule has 0 saturated heterocycles. The van der Waals surface area contributed by atoms with E-state index in [1.165, 1.54) is 4.90 Å². The van der Waals surface area contributed by atoms with Crippen LogP contribution in [0.2, 0.25) is 0 Å². The molecular weight excluding hydrogens is 322 g/mol. The summed E-state index contributed by atoms with van der Waals surface area (Å²) in [6.07, 6.45) is 2.03. The van der Waals surface area contributed by atoms with Gasteiger partial charge in [0.25, 0.3) is 11.5 Å². The highest BCUT2D eigenvalue weighted by Gasteiger charge is 2.18. The van der Waals surface area contributed by atoms with Crippen molar-refractivity contribution in [1.82, 2.24) is 15.1 Å². The molecule has 6 heteroatoms. The van der Waals surface area contributed by atoms with E-state index >= 15 is 0 Å². The SMILES string of the molecule is CSc1ccc(CN(C)C(=O)c2n[nH]c(=O)c3ccccc23)cc1. The van der Waals surface area contributed by atoms with E-state index in [1.54, 1.807) is 48.0 Å². The number of fused-ring (bicyclic) bond motifs is 1. The molecule has 2 aromatic carbocycles. The van der Waals surface area contributed by atoms with Gasteiger partial charge in [-0.3, -0.25) is 9.59 Å². The van der Waals surface area contributed by atoms with Crippen LogP contribution in [0, 0.1) is 0 Å². The number of nitrogens with zero attached hydrogens (tertiary/aromatic N) is 2. The minimum atomic E-state index is -0.294. The normalized spacial score (nSPS) is 10.8. The number of nitrogens with one attached hydrogen (secondary N) is 1. The molecule has 0 aliphatic heterocycles. The predicted octanol–water partition coefficient (Wildman–Crippen LogP) is 2.92. The summed E-state index contributed by atoms with van der Waals surface area (Å²) in [5.74, 6) is -0.226.